The molecule has 0 bridgehead atoms. The van der Waals surface area contributed by atoms with E-state index in [1.165, 1.54) is 30.4 Å². The van der Waals surface area contributed by atoms with E-state index in [9.17, 15) is 9.59 Å². The molecule has 5 heteroatoms. The summed E-state index contributed by atoms with van der Waals surface area (Å²) in [6.45, 7) is 11.8. The standard InChI is InChI=1S/C39H54N2O3/c1-25-19-35-37(41(23-25)24-36(43)40-18-8-11-28-9-6-5-7-10-28)27(3)39(44-35)17-15-31-32-13-12-29-20-30(42)14-16-38(29,4)34(32)21-33(31)26(2)22-39/h5-7,9-10,20,25,27,31-32,34-35,37H,8,11-19,21-24H2,1-4H3,(H,40,43)/t25-,27+,31-,32-,34-,35+,37-,38-,39-/m0/s1. The quantitative estimate of drug-likeness (QED) is 0.281. The van der Waals surface area contributed by atoms with Crippen molar-refractivity contribution in [1.29, 1.82) is 0 Å². The summed E-state index contributed by atoms with van der Waals surface area (Å²) in [6.07, 6.45) is 14.0. The third-order valence-electron chi connectivity index (χ3n) is 13.3. The third kappa shape index (κ3) is 5.34. The molecule has 4 fully saturated rings. The van der Waals surface area contributed by atoms with Crippen LogP contribution >= 0.6 is 0 Å². The minimum atomic E-state index is -0.123. The van der Waals surface area contributed by atoms with Crippen molar-refractivity contribution in [3.63, 3.8) is 0 Å². The van der Waals surface area contributed by atoms with Gasteiger partial charge in [0.1, 0.15) is 0 Å². The lowest BCUT2D eigenvalue weighted by atomic mass is 9.56. The summed E-state index contributed by atoms with van der Waals surface area (Å²) >= 11 is 0. The number of piperidine rings is 1. The van der Waals surface area contributed by atoms with Gasteiger partial charge in [-0.25, -0.2) is 0 Å². The summed E-state index contributed by atoms with van der Waals surface area (Å²) in [5, 5.41) is 3.22. The number of rotatable bonds is 6. The molecule has 4 aliphatic carbocycles. The van der Waals surface area contributed by atoms with E-state index >= 15 is 0 Å². The molecule has 2 aliphatic heterocycles. The van der Waals surface area contributed by atoms with Crippen molar-refractivity contribution in [2.75, 3.05) is 19.6 Å². The van der Waals surface area contributed by atoms with Crippen LogP contribution in [0.4, 0.5) is 0 Å². The first kappa shape index (κ1) is 30.4. The maximum Gasteiger partial charge on any atom is 0.234 e. The lowest BCUT2D eigenvalue weighted by Gasteiger charge is -2.48. The summed E-state index contributed by atoms with van der Waals surface area (Å²) in [7, 11) is 0. The normalized spacial score (nSPS) is 40.1. The average Bonchev–Trinajstić information content (AvgIpc) is 3.46. The lowest BCUT2D eigenvalue weighted by Crippen LogP contribution is -2.54. The van der Waals surface area contributed by atoms with E-state index in [1.54, 1.807) is 11.1 Å². The smallest absolute Gasteiger partial charge is 0.234 e. The number of fused-ring (bicyclic) bond motifs is 6. The highest BCUT2D eigenvalue weighted by atomic mass is 16.5. The Bertz CT molecular complexity index is 1330. The number of allylic oxidation sites excluding steroid dienone is 3. The van der Waals surface area contributed by atoms with Crippen LogP contribution in [0.25, 0.3) is 0 Å². The van der Waals surface area contributed by atoms with Gasteiger partial charge in [0.15, 0.2) is 5.78 Å². The van der Waals surface area contributed by atoms with E-state index in [4.69, 9.17) is 4.74 Å². The van der Waals surface area contributed by atoms with Gasteiger partial charge >= 0.3 is 0 Å². The van der Waals surface area contributed by atoms with E-state index in [1.807, 2.05) is 6.08 Å². The SMILES string of the molecule is CC1=C2C[C@H]3[C@@H](CCC4=CC(=O)CC[C@@]43C)[C@@H]2CC[C@@]2(C1)O[C@@H]1C[C@H](C)CN(CC(=O)NCCCc3ccccc3)[C@H]1[C@H]2C. The maximum absolute atomic E-state index is 13.2. The number of hydrogen-bond acceptors (Lipinski definition) is 4. The molecule has 2 saturated heterocycles. The molecule has 2 heterocycles. The van der Waals surface area contributed by atoms with E-state index < -0.39 is 0 Å². The molecule has 5 nitrogen and oxygen atoms in total. The molecule has 0 radical (unpaired) electrons. The second-order valence-corrected chi connectivity index (χ2v) is 15.9. The van der Waals surface area contributed by atoms with E-state index in [0.717, 1.165) is 70.4 Å². The molecule has 44 heavy (non-hydrogen) atoms. The van der Waals surface area contributed by atoms with E-state index in [-0.39, 0.29) is 23.0 Å². The van der Waals surface area contributed by atoms with Gasteiger partial charge in [-0.2, -0.15) is 0 Å². The molecular weight excluding hydrogens is 544 g/mol. The first-order valence-corrected chi connectivity index (χ1v) is 17.8. The zero-order valence-corrected chi connectivity index (χ0v) is 27.6. The van der Waals surface area contributed by atoms with Crippen molar-refractivity contribution in [3.8, 4) is 0 Å². The number of ether oxygens (including phenoxy) is 1. The number of aryl methyl sites for hydroxylation is 1. The van der Waals surface area contributed by atoms with Crippen molar-refractivity contribution >= 4 is 11.7 Å². The van der Waals surface area contributed by atoms with Gasteiger partial charge in [0.25, 0.3) is 0 Å². The Balaban J connectivity index is 1.03. The highest BCUT2D eigenvalue weighted by molar-refractivity contribution is 5.91. The van der Waals surface area contributed by atoms with Gasteiger partial charge in [-0.05, 0) is 112 Å². The molecule has 2 saturated carbocycles. The number of ketones is 1. The molecule has 238 valence electrons. The van der Waals surface area contributed by atoms with E-state index in [2.05, 4.69) is 68.2 Å². The fourth-order valence-electron chi connectivity index (χ4n) is 11.1. The Labute approximate surface area is 265 Å². The molecule has 6 aliphatic rings. The van der Waals surface area contributed by atoms with Gasteiger partial charge in [0, 0.05) is 31.5 Å². The van der Waals surface area contributed by atoms with Crippen molar-refractivity contribution in [3.05, 3.63) is 58.7 Å². The number of likely N-dealkylation sites (tertiary alicyclic amines) is 1. The average molecular weight is 599 g/mol. The van der Waals surface area contributed by atoms with Crippen LogP contribution in [-0.2, 0) is 20.7 Å². The molecule has 1 N–H and O–H groups in total. The zero-order valence-electron chi connectivity index (χ0n) is 27.6. The fraction of sp³-hybridized carbons (Fsp3) is 0.692. The summed E-state index contributed by atoms with van der Waals surface area (Å²) in [5.74, 6) is 3.53. The molecule has 0 unspecified atom stereocenters. The van der Waals surface area contributed by atoms with Crippen molar-refractivity contribution in [2.45, 2.75) is 116 Å². The largest absolute Gasteiger partial charge is 0.369 e. The molecule has 1 amide bonds. The van der Waals surface area contributed by atoms with Crippen LogP contribution < -0.4 is 5.32 Å². The van der Waals surface area contributed by atoms with Crippen LogP contribution in [0.3, 0.4) is 0 Å². The van der Waals surface area contributed by atoms with Crippen molar-refractivity contribution < 1.29 is 14.3 Å². The Morgan fingerprint density at radius 1 is 1.11 bits per heavy atom. The molecular formula is C39H54N2O3. The summed E-state index contributed by atoms with van der Waals surface area (Å²) < 4.78 is 7.25. The second kappa shape index (κ2) is 11.8. The third-order valence-corrected chi connectivity index (χ3v) is 13.3. The second-order valence-electron chi connectivity index (χ2n) is 15.9. The van der Waals surface area contributed by atoms with Gasteiger partial charge in [0.05, 0.1) is 18.2 Å². The minimum Gasteiger partial charge on any atom is -0.369 e. The van der Waals surface area contributed by atoms with E-state index in [0.29, 0.717) is 42.0 Å². The number of nitrogens with zero attached hydrogens (tertiary/aromatic N) is 1. The van der Waals surface area contributed by atoms with Gasteiger partial charge in [-0.15, -0.1) is 0 Å². The van der Waals surface area contributed by atoms with Crippen LogP contribution in [0.15, 0.2) is 53.1 Å². The van der Waals surface area contributed by atoms with Gasteiger partial charge in [-0.1, -0.05) is 67.8 Å². The van der Waals surface area contributed by atoms with Gasteiger partial charge in [0.2, 0.25) is 5.91 Å². The molecule has 9 atom stereocenters. The van der Waals surface area contributed by atoms with Gasteiger partial charge < -0.3 is 10.1 Å². The molecule has 1 aromatic rings. The molecule has 1 aromatic carbocycles. The zero-order chi connectivity index (χ0) is 30.6. The number of hydrogen-bond donors (Lipinski definition) is 1. The highest BCUT2D eigenvalue weighted by Gasteiger charge is 2.59. The molecule has 1 spiro atoms. The number of carbonyl (C=O) groups is 2. The van der Waals surface area contributed by atoms with Gasteiger partial charge in [-0.3, -0.25) is 14.5 Å². The molecule has 0 aromatic heterocycles. The number of benzene rings is 1. The Hall–Kier alpha value is -2.24. The van der Waals surface area contributed by atoms with Crippen molar-refractivity contribution in [1.82, 2.24) is 10.2 Å². The van der Waals surface area contributed by atoms with Crippen LogP contribution in [0, 0.1) is 35.0 Å². The van der Waals surface area contributed by atoms with Crippen LogP contribution in [-0.4, -0.2) is 54.0 Å². The minimum absolute atomic E-state index is 0.123. The topological polar surface area (TPSA) is 58.6 Å². The maximum atomic E-state index is 13.2. The Morgan fingerprint density at radius 2 is 1.93 bits per heavy atom. The summed E-state index contributed by atoms with van der Waals surface area (Å²) in [5.41, 5.74) is 6.19. The number of amides is 1. The fourth-order valence-corrected chi connectivity index (χ4v) is 11.1. The predicted molar refractivity (Wildman–Crippen MR) is 175 cm³/mol. The Kier molecular flexibility index (Phi) is 8.19. The summed E-state index contributed by atoms with van der Waals surface area (Å²) in [4.78, 5) is 27.9. The monoisotopic (exact) mass is 598 g/mol. The van der Waals surface area contributed by atoms with Crippen LogP contribution in [0.1, 0.15) is 97.5 Å². The first-order valence-electron chi connectivity index (χ1n) is 17.8. The highest BCUT2D eigenvalue weighted by Crippen LogP contribution is 2.64. The van der Waals surface area contributed by atoms with Crippen LogP contribution in [0.2, 0.25) is 0 Å². The molecule has 7 rings (SSSR count). The summed E-state index contributed by atoms with van der Waals surface area (Å²) in [6, 6.07) is 10.8. The van der Waals surface area contributed by atoms with Crippen LogP contribution in [0.5, 0.6) is 0 Å². The lowest BCUT2D eigenvalue weighted by molar-refractivity contribution is -0.124. The predicted octanol–water partition coefficient (Wildman–Crippen LogP) is 7.06. The number of nitrogens with one attached hydrogen (secondary N) is 1. The first-order chi connectivity index (χ1) is 21.2. The van der Waals surface area contributed by atoms with Crippen molar-refractivity contribution in [2.24, 2.45) is 35.0 Å². The number of carbonyl (C=O) groups excluding carboxylic acids is 2. The Morgan fingerprint density at radius 3 is 2.75 bits per heavy atom.